The summed E-state index contributed by atoms with van der Waals surface area (Å²) in [6, 6.07) is 6.70. The number of hydrogen-bond acceptors (Lipinski definition) is 7. The van der Waals surface area contributed by atoms with Crippen molar-refractivity contribution in [2.75, 3.05) is 26.6 Å². The van der Waals surface area contributed by atoms with Crippen LogP contribution < -0.4 is 5.32 Å². The number of carbonyl (C=O) groups excluding carboxylic acids is 3. The molecular formula is C14H15NO6. The van der Waals surface area contributed by atoms with Crippen molar-refractivity contribution in [3.8, 4) is 0 Å². The van der Waals surface area contributed by atoms with Crippen molar-refractivity contribution in [1.82, 2.24) is 0 Å². The predicted octanol–water partition coefficient (Wildman–Crippen LogP) is 0.453. The quantitative estimate of drug-likeness (QED) is 0.491. The zero-order chi connectivity index (χ0) is 15.6. The third kappa shape index (κ3) is 2.01. The fourth-order valence-electron chi connectivity index (χ4n) is 2.55. The van der Waals surface area contributed by atoms with Crippen LogP contribution in [0.4, 0.5) is 5.69 Å². The molecule has 0 saturated heterocycles. The average molecular weight is 293 g/mol. The Kier molecular flexibility index (Phi) is 3.84. The molecule has 1 aromatic rings. The predicted molar refractivity (Wildman–Crippen MR) is 71.6 cm³/mol. The summed E-state index contributed by atoms with van der Waals surface area (Å²) in [5.74, 6) is -3.75. The second-order valence-corrected chi connectivity index (χ2v) is 4.46. The van der Waals surface area contributed by atoms with Crippen LogP contribution in [0.2, 0.25) is 0 Å². The topological polar surface area (TPSA) is 90.9 Å². The van der Waals surface area contributed by atoms with Gasteiger partial charge in [-0.2, -0.15) is 0 Å². The van der Waals surface area contributed by atoms with Crippen molar-refractivity contribution < 1.29 is 28.6 Å². The lowest BCUT2D eigenvalue weighted by Gasteiger charge is -2.28. The molecule has 0 amide bonds. The Morgan fingerprint density at radius 3 is 2.10 bits per heavy atom. The van der Waals surface area contributed by atoms with E-state index in [2.05, 4.69) is 5.32 Å². The maximum atomic E-state index is 12.2. The van der Waals surface area contributed by atoms with Gasteiger partial charge in [0.05, 0.1) is 21.3 Å². The molecule has 1 atom stereocenters. The van der Waals surface area contributed by atoms with E-state index in [-0.39, 0.29) is 0 Å². The molecule has 0 aromatic heterocycles. The van der Waals surface area contributed by atoms with Crippen LogP contribution in [0.1, 0.15) is 11.5 Å². The van der Waals surface area contributed by atoms with E-state index in [1.54, 1.807) is 24.3 Å². The molecule has 0 fully saturated rings. The van der Waals surface area contributed by atoms with Gasteiger partial charge in [-0.15, -0.1) is 0 Å². The summed E-state index contributed by atoms with van der Waals surface area (Å²) in [6.07, 6.45) is 0. The van der Waals surface area contributed by atoms with Crippen molar-refractivity contribution in [2.45, 2.75) is 11.5 Å². The number of para-hydroxylation sites is 1. The molecule has 7 heteroatoms. The van der Waals surface area contributed by atoms with Crippen molar-refractivity contribution in [1.29, 1.82) is 0 Å². The highest BCUT2D eigenvalue weighted by molar-refractivity contribution is 6.15. The number of hydrogen-bond donors (Lipinski definition) is 1. The second kappa shape index (κ2) is 5.43. The molecule has 112 valence electrons. The number of anilines is 1. The lowest BCUT2D eigenvalue weighted by Crippen LogP contribution is -2.57. The smallest absolute Gasteiger partial charge is 0.344 e. The Morgan fingerprint density at radius 1 is 1.00 bits per heavy atom. The fourth-order valence-corrected chi connectivity index (χ4v) is 2.55. The van der Waals surface area contributed by atoms with Crippen LogP contribution in [0.15, 0.2) is 24.3 Å². The molecule has 1 aliphatic heterocycles. The Labute approximate surface area is 121 Å². The van der Waals surface area contributed by atoms with Crippen LogP contribution >= 0.6 is 0 Å². The van der Waals surface area contributed by atoms with Gasteiger partial charge in [-0.1, -0.05) is 18.2 Å². The van der Waals surface area contributed by atoms with E-state index < -0.39 is 29.4 Å². The molecule has 0 radical (unpaired) electrons. The number of carbonyl (C=O) groups is 3. The van der Waals surface area contributed by atoms with Gasteiger partial charge in [-0.3, -0.25) is 4.79 Å². The maximum Gasteiger partial charge on any atom is 0.344 e. The minimum Gasteiger partial charge on any atom is -0.468 e. The van der Waals surface area contributed by atoms with E-state index in [0.717, 1.165) is 14.2 Å². The zero-order valence-corrected chi connectivity index (χ0v) is 11.8. The third-order valence-electron chi connectivity index (χ3n) is 3.49. The molecule has 1 aliphatic rings. The number of esters is 3. The largest absolute Gasteiger partial charge is 0.468 e. The SMILES string of the molecule is COC(=O)C1c2ccccc2NC1(C(=O)OC)C(=O)OC. The maximum absolute atomic E-state index is 12.2. The van der Waals surface area contributed by atoms with Crippen LogP contribution in [0.25, 0.3) is 0 Å². The Hall–Kier alpha value is -2.57. The summed E-state index contributed by atoms with van der Waals surface area (Å²) in [7, 11) is 3.45. The van der Waals surface area contributed by atoms with Gasteiger partial charge >= 0.3 is 17.9 Å². The van der Waals surface area contributed by atoms with Crippen LogP contribution in [0, 0.1) is 0 Å². The lowest BCUT2D eigenvalue weighted by atomic mass is 9.82. The molecule has 0 bridgehead atoms. The van der Waals surface area contributed by atoms with Crippen molar-refractivity contribution in [3.05, 3.63) is 29.8 Å². The van der Waals surface area contributed by atoms with Gasteiger partial charge in [0.1, 0.15) is 5.92 Å². The van der Waals surface area contributed by atoms with Gasteiger partial charge < -0.3 is 19.5 Å². The molecule has 1 aromatic carbocycles. The number of nitrogens with one attached hydrogen (secondary N) is 1. The lowest BCUT2D eigenvalue weighted by molar-refractivity contribution is -0.165. The van der Waals surface area contributed by atoms with Crippen LogP contribution in [-0.2, 0) is 28.6 Å². The number of methoxy groups -OCH3 is 3. The molecule has 0 saturated carbocycles. The van der Waals surface area contributed by atoms with Gasteiger partial charge in [0.25, 0.3) is 5.54 Å². The highest BCUT2D eigenvalue weighted by atomic mass is 16.6. The zero-order valence-electron chi connectivity index (χ0n) is 11.8. The minimum absolute atomic E-state index is 0.472. The van der Waals surface area contributed by atoms with Gasteiger partial charge in [0, 0.05) is 5.69 Å². The summed E-state index contributed by atoms with van der Waals surface area (Å²) < 4.78 is 14.2. The number of rotatable bonds is 3. The van der Waals surface area contributed by atoms with E-state index in [1.165, 1.54) is 7.11 Å². The van der Waals surface area contributed by atoms with E-state index in [1.807, 2.05) is 0 Å². The van der Waals surface area contributed by atoms with Gasteiger partial charge in [-0.25, -0.2) is 9.59 Å². The molecule has 21 heavy (non-hydrogen) atoms. The van der Waals surface area contributed by atoms with Crippen molar-refractivity contribution in [3.63, 3.8) is 0 Å². The Balaban J connectivity index is 2.67. The summed E-state index contributed by atoms with van der Waals surface area (Å²) in [6.45, 7) is 0. The van der Waals surface area contributed by atoms with Gasteiger partial charge in [0.15, 0.2) is 0 Å². The molecule has 2 rings (SSSR count). The number of benzene rings is 1. The molecule has 1 heterocycles. The molecule has 0 aliphatic carbocycles. The van der Waals surface area contributed by atoms with E-state index in [9.17, 15) is 14.4 Å². The van der Waals surface area contributed by atoms with E-state index >= 15 is 0 Å². The monoisotopic (exact) mass is 293 g/mol. The first kappa shape index (κ1) is 14.8. The van der Waals surface area contributed by atoms with Crippen LogP contribution in [0.5, 0.6) is 0 Å². The molecule has 1 N–H and O–H groups in total. The van der Waals surface area contributed by atoms with Gasteiger partial charge in [-0.05, 0) is 11.6 Å². The summed E-state index contributed by atoms with van der Waals surface area (Å²) in [4.78, 5) is 36.6. The molecule has 1 unspecified atom stereocenters. The van der Waals surface area contributed by atoms with E-state index in [0.29, 0.717) is 11.3 Å². The highest BCUT2D eigenvalue weighted by Gasteiger charge is 2.63. The minimum atomic E-state index is -1.99. The van der Waals surface area contributed by atoms with Crippen molar-refractivity contribution >= 4 is 23.6 Å². The Morgan fingerprint density at radius 2 is 1.57 bits per heavy atom. The normalized spacial score (nSPS) is 18.1. The first-order chi connectivity index (χ1) is 10.0. The van der Waals surface area contributed by atoms with Crippen LogP contribution in [0.3, 0.4) is 0 Å². The first-order valence-electron chi connectivity index (χ1n) is 6.14. The number of ether oxygens (including phenoxy) is 3. The first-order valence-corrected chi connectivity index (χ1v) is 6.14. The fraction of sp³-hybridized carbons (Fsp3) is 0.357. The molecular weight excluding hydrogens is 278 g/mol. The highest BCUT2D eigenvalue weighted by Crippen LogP contribution is 2.44. The van der Waals surface area contributed by atoms with Gasteiger partial charge in [0.2, 0.25) is 0 Å². The standard InChI is InChI=1S/C14H15NO6/c1-19-11(16)10-8-6-4-5-7-9(8)15-14(10,12(17)20-2)13(18)21-3/h4-7,10,15H,1-3H3. The molecule has 0 spiro atoms. The third-order valence-corrected chi connectivity index (χ3v) is 3.49. The van der Waals surface area contributed by atoms with Crippen LogP contribution in [-0.4, -0.2) is 44.8 Å². The van der Waals surface area contributed by atoms with E-state index in [4.69, 9.17) is 14.2 Å². The second-order valence-electron chi connectivity index (χ2n) is 4.46. The molecule has 7 nitrogen and oxygen atoms in total. The van der Waals surface area contributed by atoms with Crippen molar-refractivity contribution in [2.24, 2.45) is 0 Å². The number of fused-ring (bicyclic) bond motifs is 1. The summed E-state index contributed by atoms with van der Waals surface area (Å²) >= 11 is 0. The Bertz CT molecular complexity index is 581. The summed E-state index contributed by atoms with van der Waals surface area (Å²) in [5.41, 5.74) is -1.04. The summed E-state index contributed by atoms with van der Waals surface area (Å²) in [5, 5.41) is 2.76. The average Bonchev–Trinajstić information content (AvgIpc) is 2.88.